The maximum Gasteiger partial charge on any atom is 0.227 e. The Labute approximate surface area is 119 Å². The van der Waals surface area contributed by atoms with Gasteiger partial charge < -0.3 is 10.6 Å². The Morgan fingerprint density at radius 2 is 2.11 bits per heavy atom. The van der Waals surface area contributed by atoms with Crippen LogP contribution in [0.3, 0.4) is 0 Å². The predicted octanol–water partition coefficient (Wildman–Crippen LogP) is 2.20. The molecule has 0 radical (unpaired) electrons. The number of nitrogen functional groups attached to an aromatic ring is 1. The summed E-state index contributed by atoms with van der Waals surface area (Å²) in [5.41, 5.74) is 7.40. The topological polar surface area (TPSA) is 46.3 Å². The number of thioether (sulfide) groups is 1. The van der Waals surface area contributed by atoms with Gasteiger partial charge in [-0.3, -0.25) is 4.79 Å². The number of amides is 1. The second-order valence-corrected chi connectivity index (χ2v) is 5.58. The molecule has 1 heterocycles. The molecule has 0 aromatic heterocycles. The summed E-state index contributed by atoms with van der Waals surface area (Å²) in [7, 11) is 0. The third-order valence-electron chi connectivity index (χ3n) is 3.02. The van der Waals surface area contributed by atoms with Gasteiger partial charge >= 0.3 is 0 Å². The molecule has 1 atom stereocenters. The molecule has 2 rings (SSSR count). The molecule has 100 valence electrons. The fraction of sp³-hybridized carbons (Fsp3) is 0.462. The largest absolute Gasteiger partial charge is 0.399 e. The number of nitrogens with zero attached hydrogens (tertiary/aromatic N) is 1. The van der Waals surface area contributed by atoms with E-state index in [1.807, 2.05) is 40.9 Å². The maximum absolute atomic E-state index is 12.1. The van der Waals surface area contributed by atoms with E-state index in [1.165, 1.54) is 0 Å². The van der Waals surface area contributed by atoms with Crippen LogP contribution in [0.4, 0.5) is 5.69 Å². The van der Waals surface area contributed by atoms with Gasteiger partial charge in [0.15, 0.2) is 0 Å². The van der Waals surface area contributed by atoms with Gasteiger partial charge in [-0.1, -0.05) is 12.1 Å². The summed E-state index contributed by atoms with van der Waals surface area (Å²) in [4.78, 5) is 14.1. The zero-order valence-corrected chi connectivity index (χ0v) is 12.1. The first kappa shape index (κ1) is 15.2. The molecule has 1 amide bonds. The molecular formula is C13H19ClN2OS. The lowest BCUT2D eigenvalue weighted by Crippen LogP contribution is -2.45. The average molecular weight is 287 g/mol. The van der Waals surface area contributed by atoms with E-state index >= 15 is 0 Å². The highest BCUT2D eigenvalue weighted by Crippen LogP contribution is 2.17. The van der Waals surface area contributed by atoms with Gasteiger partial charge in [-0.15, -0.1) is 12.4 Å². The number of hydrogen-bond donors (Lipinski definition) is 1. The fourth-order valence-corrected chi connectivity index (χ4v) is 3.02. The maximum atomic E-state index is 12.1. The first-order valence-corrected chi connectivity index (χ1v) is 7.04. The predicted molar refractivity (Wildman–Crippen MR) is 80.3 cm³/mol. The summed E-state index contributed by atoms with van der Waals surface area (Å²) in [6.45, 7) is 2.99. The number of rotatable bonds is 2. The van der Waals surface area contributed by atoms with E-state index in [4.69, 9.17) is 5.73 Å². The van der Waals surface area contributed by atoms with Crippen molar-refractivity contribution >= 4 is 35.8 Å². The van der Waals surface area contributed by atoms with Crippen LogP contribution in [0.5, 0.6) is 0 Å². The Bertz CT molecular complexity index is 396. The highest BCUT2D eigenvalue weighted by Gasteiger charge is 2.23. The SMILES string of the molecule is CC1CSCCN1C(=O)Cc1ccc(N)cc1.Cl. The normalized spacial score (nSPS) is 19.2. The highest BCUT2D eigenvalue weighted by atomic mass is 35.5. The van der Waals surface area contributed by atoms with Crippen molar-refractivity contribution in [3.05, 3.63) is 29.8 Å². The third kappa shape index (κ3) is 3.82. The van der Waals surface area contributed by atoms with Crippen molar-refractivity contribution in [1.82, 2.24) is 4.90 Å². The molecule has 0 aliphatic carbocycles. The van der Waals surface area contributed by atoms with Crippen molar-refractivity contribution in [3.63, 3.8) is 0 Å². The molecule has 1 aromatic rings. The minimum Gasteiger partial charge on any atom is -0.399 e. The van der Waals surface area contributed by atoms with E-state index in [2.05, 4.69) is 6.92 Å². The summed E-state index contributed by atoms with van der Waals surface area (Å²) in [6.07, 6.45) is 0.481. The van der Waals surface area contributed by atoms with Crippen molar-refractivity contribution < 1.29 is 4.79 Å². The molecule has 0 bridgehead atoms. The van der Waals surface area contributed by atoms with E-state index in [9.17, 15) is 4.79 Å². The number of nitrogens with two attached hydrogens (primary N) is 1. The Hall–Kier alpha value is -0.870. The lowest BCUT2D eigenvalue weighted by Gasteiger charge is -2.33. The average Bonchev–Trinajstić information content (AvgIpc) is 2.32. The number of halogens is 1. The van der Waals surface area contributed by atoms with E-state index in [1.54, 1.807) is 0 Å². The molecule has 3 nitrogen and oxygen atoms in total. The van der Waals surface area contributed by atoms with Crippen LogP contribution in [0.1, 0.15) is 12.5 Å². The van der Waals surface area contributed by atoms with Gasteiger partial charge in [0.2, 0.25) is 5.91 Å². The van der Waals surface area contributed by atoms with Crippen LogP contribution in [0.15, 0.2) is 24.3 Å². The van der Waals surface area contributed by atoms with Crippen LogP contribution in [0.2, 0.25) is 0 Å². The molecule has 0 spiro atoms. The van der Waals surface area contributed by atoms with Crippen molar-refractivity contribution in [2.75, 3.05) is 23.8 Å². The third-order valence-corrected chi connectivity index (χ3v) is 4.21. The zero-order valence-electron chi connectivity index (χ0n) is 10.5. The van der Waals surface area contributed by atoms with Crippen molar-refractivity contribution in [3.8, 4) is 0 Å². The summed E-state index contributed by atoms with van der Waals surface area (Å²) < 4.78 is 0. The monoisotopic (exact) mass is 286 g/mol. The molecule has 0 saturated carbocycles. The van der Waals surface area contributed by atoms with Crippen LogP contribution in [-0.4, -0.2) is 34.9 Å². The molecule has 5 heteroatoms. The van der Waals surface area contributed by atoms with Gasteiger partial charge in [0, 0.05) is 29.8 Å². The minimum atomic E-state index is 0. The van der Waals surface area contributed by atoms with E-state index in [0.717, 1.165) is 29.3 Å². The zero-order chi connectivity index (χ0) is 12.3. The second-order valence-electron chi connectivity index (χ2n) is 4.43. The van der Waals surface area contributed by atoms with E-state index < -0.39 is 0 Å². The molecule has 1 aromatic carbocycles. The Balaban J connectivity index is 0.00000162. The van der Waals surface area contributed by atoms with Crippen molar-refractivity contribution in [2.24, 2.45) is 0 Å². The summed E-state index contributed by atoms with van der Waals surface area (Å²) in [5.74, 6) is 2.33. The van der Waals surface area contributed by atoms with Crippen molar-refractivity contribution in [1.29, 1.82) is 0 Å². The quantitative estimate of drug-likeness (QED) is 0.848. The molecule has 2 N–H and O–H groups in total. The molecule has 1 aliphatic heterocycles. The first-order valence-electron chi connectivity index (χ1n) is 5.88. The molecule has 1 aliphatic rings. The van der Waals surface area contributed by atoms with E-state index in [0.29, 0.717) is 12.5 Å². The molecule has 1 fully saturated rings. The summed E-state index contributed by atoms with van der Waals surface area (Å²) in [6, 6.07) is 7.90. The number of carbonyl (C=O) groups excluding carboxylic acids is 1. The van der Waals surface area contributed by atoms with Gasteiger partial charge in [0.05, 0.1) is 6.42 Å². The van der Waals surface area contributed by atoms with Crippen LogP contribution in [-0.2, 0) is 11.2 Å². The molecular weight excluding hydrogens is 268 g/mol. The van der Waals surface area contributed by atoms with Gasteiger partial charge in [0.1, 0.15) is 0 Å². The molecule has 18 heavy (non-hydrogen) atoms. The lowest BCUT2D eigenvalue weighted by atomic mass is 10.1. The number of hydrogen-bond acceptors (Lipinski definition) is 3. The Kier molecular flexibility index (Phi) is 5.82. The fourth-order valence-electron chi connectivity index (χ4n) is 2.01. The summed E-state index contributed by atoms with van der Waals surface area (Å²) in [5, 5.41) is 0. The molecule has 1 unspecified atom stereocenters. The van der Waals surface area contributed by atoms with Gasteiger partial charge in [-0.05, 0) is 24.6 Å². The highest BCUT2D eigenvalue weighted by molar-refractivity contribution is 7.99. The lowest BCUT2D eigenvalue weighted by molar-refractivity contribution is -0.131. The van der Waals surface area contributed by atoms with Gasteiger partial charge in [-0.2, -0.15) is 11.8 Å². The smallest absolute Gasteiger partial charge is 0.227 e. The molecule has 1 saturated heterocycles. The number of benzene rings is 1. The number of carbonyl (C=O) groups is 1. The standard InChI is InChI=1S/C13H18N2OS.ClH/c1-10-9-17-7-6-15(10)13(16)8-11-2-4-12(14)5-3-11;/h2-5,10H,6-9,14H2,1H3;1H. The van der Waals surface area contributed by atoms with Crippen LogP contribution in [0.25, 0.3) is 0 Å². The number of anilines is 1. The second kappa shape index (κ2) is 6.90. The minimum absolute atomic E-state index is 0. The van der Waals surface area contributed by atoms with Crippen LogP contribution >= 0.6 is 24.2 Å². The van der Waals surface area contributed by atoms with Gasteiger partial charge in [0.25, 0.3) is 0 Å². The summed E-state index contributed by atoms with van der Waals surface area (Å²) >= 11 is 1.92. The van der Waals surface area contributed by atoms with Crippen LogP contribution in [0, 0.1) is 0 Å². The van der Waals surface area contributed by atoms with Gasteiger partial charge in [-0.25, -0.2) is 0 Å². The van der Waals surface area contributed by atoms with E-state index in [-0.39, 0.29) is 18.3 Å². The Morgan fingerprint density at radius 3 is 2.72 bits per heavy atom. The van der Waals surface area contributed by atoms with Crippen LogP contribution < -0.4 is 5.73 Å². The van der Waals surface area contributed by atoms with Crippen molar-refractivity contribution in [2.45, 2.75) is 19.4 Å². The first-order chi connectivity index (χ1) is 8.16. The Morgan fingerprint density at radius 1 is 1.44 bits per heavy atom.